The summed E-state index contributed by atoms with van der Waals surface area (Å²) in [6.45, 7) is 8.27. The molecule has 2 aliphatic rings. The van der Waals surface area contributed by atoms with Crippen LogP contribution in [0.2, 0.25) is 0 Å². The highest BCUT2D eigenvalue weighted by molar-refractivity contribution is 5.96. The molecule has 0 aromatic heterocycles. The molecule has 2 saturated heterocycles. The van der Waals surface area contributed by atoms with Crippen molar-refractivity contribution in [1.82, 2.24) is 31.1 Å². The first-order valence-corrected chi connectivity index (χ1v) is 19.5. The maximum absolute atomic E-state index is 13.9. The molecule has 0 aromatic rings. The summed E-state index contributed by atoms with van der Waals surface area (Å²) < 4.78 is 0. The lowest BCUT2D eigenvalue weighted by molar-refractivity contribution is -0.148. The summed E-state index contributed by atoms with van der Waals surface area (Å²) in [6.07, 6.45) is 4.48. The molecule has 0 unspecified atom stereocenters. The molecule has 0 spiro atoms. The van der Waals surface area contributed by atoms with Crippen LogP contribution >= 0.6 is 0 Å². The van der Waals surface area contributed by atoms with Crippen molar-refractivity contribution in [3.8, 4) is 0 Å². The Morgan fingerprint density at radius 1 is 0.745 bits per heavy atom. The highest BCUT2D eigenvalue weighted by Crippen LogP contribution is 2.21. The van der Waals surface area contributed by atoms with Gasteiger partial charge in [-0.15, -0.1) is 0 Å². The predicted octanol–water partition coefficient (Wildman–Crippen LogP) is -1.77. The molecule has 2 rings (SSSR count). The Morgan fingerprint density at radius 3 is 1.89 bits per heavy atom. The standard InChI is InChI=1S/C36H65N11O8/c1-21(2)18-25(30(49)42-20-29(48)46-16-9-13-28(46)35(54)55)44-31(50)24(11-7-15-41-36(39)40)43-32(51)26(19-22(3)4)45-33(52)27-12-8-17-47(27)34(53)23(38)10-5-6-14-37/h21-28H,5-20,37-38H2,1-4H3,(H,42,49)(H,43,51)(H,44,50)(H,45,52)(H,54,55)(H4,39,40,41)/t23-,24-,25-,26-,27-,28-/m0/s1. The number of hydrogen-bond acceptors (Lipinski definition) is 10. The lowest BCUT2D eigenvalue weighted by Crippen LogP contribution is -2.59. The van der Waals surface area contributed by atoms with Crippen LogP contribution in [0.4, 0.5) is 0 Å². The quantitative estimate of drug-likeness (QED) is 0.0316. The van der Waals surface area contributed by atoms with Crippen LogP contribution in [0.1, 0.15) is 98.3 Å². The zero-order chi connectivity index (χ0) is 41.2. The summed E-state index contributed by atoms with van der Waals surface area (Å²) in [5, 5.41) is 20.3. The van der Waals surface area contributed by atoms with E-state index >= 15 is 0 Å². The summed E-state index contributed by atoms with van der Waals surface area (Å²) in [5.74, 6) is -4.71. The number of aliphatic carboxylic acids is 1. The van der Waals surface area contributed by atoms with Gasteiger partial charge in [-0.3, -0.25) is 33.8 Å². The molecule has 2 fully saturated rings. The monoisotopic (exact) mass is 780 g/mol. The lowest BCUT2D eigenvalue weighted by atomic mass is 10.0. The molecule has 2 aliphatic heterocycles. The van der Waals surface area contributed by atoms with Crippen LogP contribution in [0, 0.1) is 11.8 Å². The summed E-state index contributed by atoms with van der Waals surface area (Å²) in [6, 6.07) is -5.87. The van der Waals surface area contributed by atoms with Crippen LogP contribution in [0.15, 0.2) is 4.99 Å². The zero-order valence-corrected chi connectivity index (χ0v) is 32.9. The number of amides is 6. The first-order valence-electron chi connectivity index (χ1n) is 19.5. The van der Waals surface area contributed by atoms with E-state index < -0.39 is 78.3 Å². The highest BCUT2D eigenvalue weighted by atomic mass is 16.4. The van der Waals surface area contributed by atoms with Crippen molar-refractivity contribution in [3.63, 3.8) is 0 Å². The second kappa shape index (κ2) is 23.4. The average Bonchev–Trinajstić information content (AvgIpc) is 3.81. The molecular weight excluding hydrogens is 714 g/mol. The lowest BCUT2D eigenvalue weighted by Gasteiger charge is -2.29. The number of nitrogens with two attached hydrogens (primary N) is 4. The van der Waals surface area contributed by atoms with Gasteiger partial charge in [-0.1, -0.05) is 34.1 Å². The Kier molecular flexibility index (Phi) is 19.9. The molecule has 0 radical (unpaired) electrons. The van der Waals surface area contributed by atoms with Gasteiger partial charge in [0.1, 0.15) is 30.2 Å². The molecule has 19 heteroatoms. The smallest absolute Gasteiger partial charge is 0.326 e. The summed E-state index contributed by atoms with van der Waals surface area (Å²) in [4.78, 5) is 98.9. The molecule has 312 valence electrons. The SMILES string of the molecule is CC(C)C[C@H](NC(=O)[C@H](CCCN=C(N)N)NC(=O)[C@H](CC(C)C)NC(=O)[C@@H]1CCCN1C(=O)[C@@H](N)CCCCN)C(=O)NCC(=O)N1CCC[C@H]1C(=O)O. The van der Waals surface area contributed by atoms with Crippen LogP contribution in [0.5, 0.6) is 0 Å². The Labute approximate surface area is 323 Å². The average molecular weight is 780 g/mol. The molecule has 6 atom stereocenters. The van der Waals surface area contributed by atoms with Crippen LogP contribution in [0.25, 0.3) is 0 Å². The molecule has 6 amide bonds. The van der Waals surface area contributed by atoms with Gasteiger partial charge in [0, 0.05) is 19.6 Å². The number of carboxylic acid groups (broad SMARTS) is 1. The van der Waals surface area contributed by atoms with E-state index in [1.807, 2.05) is 27.7 Å². The Balaban J connectivity index is 2.21. The number of likely N-dealkylation sites (tertiary alicyclic amines) is 2. The van der Waals surface area contributed by atoms with E-state index in [4.69, 9.17) is 22.9 Å². The molecule has 0 bridgehead atoms. The topological polar surface area (TPSA) is 311 Å². The highest BCUT2D eigenvalue weighted by Gasteiger charge is 2.39. The van der Waals surface area contributed by atoms with Gasteiger partial charge in [0.2, 0.25) is 35.4 Å². The Hall–Kier alpha value is -4.52. The summed E-state index contributed by atoms with van der Waals surface area (Å²) in [7, 11) is 0. The maximum atomic E-state index is 13.9. The molecule has 13 N–H and O–H groups in total. The number of rotatable bonds is 23. The van der Waals surface area contributed by atoms with E-state index in [1.165, 1.54) is 9.80 Å². The zero-order valence-electron chi connectivity index (χ0n) is 32.9. The van der Waals surface area contributed by atoms with Crippen molar-refractivity contribution in [2.45, 2.75) is 135 Å². The van der Waals surface area contributed by atoms with Gasteiger partial charge in [0.05, 0.1) is 12.6 Å². The van der Waals surface area contributed by atoms with Gasteiger partial charge in [-0.2, -0.15) is 0 Å². The normalized spacial score (nSPS) is 19.0. The van der Waals surface area contributed by atoms with Crippen molar-refractivity contribution in [2.24, 2.45) is 39.8 Å². The number of carbonyl (C=O) groups is 7. The molecule has 55 heavy (non-hydrogen) atoms. The molecule has 0 saturated carbocycles. The minimum Gasteiger partial charge on any atom is -0.480 e. The van der Waals surface area contributed by atoms with Gasteiger partial charge in [-0.25, -0.2) is 4.79 Å². The molecule has 0 aliphatic carbocycles. The maximum Gasteiger partial charge on any atom is 0.326 e. The van der Waals surface area contributed by atoms with Crippen LogP contribution in [-0.4, -0.2) is 131 Å². The Bertz CT molecular complexity index is 1360. The predicted molar refractivity (Wildman–Crippen MR) is 206 cm³/mol. The molecule has 19 nitrogen and oxygen atoms in total. The number of nitrogens with zero attached hydrogens (tertiary/aromatic N) is 3. The minimum atomic E-state index is -1.17. The van der Waals surface area contributed by atoms with Gasteiger partial charge in [0.25, 0.3) is 0 Å². The number of guanidine groups is 1. The van der Waals surface area contributed by atoms with Crippen molar-refractivity contribution in [3.05, 3.63) is 0 Å². The fraction of sp³-hybridized carbons (Fsp3) is 0.778. The third kappa shape index (κ3) is 15.6. The number of unbranched alkanes of at least 4 members (excludes halogenated alkanes) is 1. The van der Waals surface area contributed by atoms with E-state index in [-0.39, 0.29) is 62.5 Å². The van der Waals surface area contributed by atoms with Crippen molar-refractivity contribution in [1.29, 1.82) is 0 Å². The van der Waals surface area contributed by atoms with Crippen LogP contribution in [-0.2, 0) is 33.6 Å². The van der Waals surface area contributed by atoms with Crippen LogP contribution < -0.4 is 44.2 Å². The molecular formula is C36H65N11O8. The van der Waals surface area contributed by atoms with E-state index in [0.29, 0.717) is 51.6 Å². The number of carboxylic acids is 1. The second-order valence-electron chi connectivity index (χ2n) is 15.3. The fourth-order valence-electron chi connectivity index (χ4n) is 6.85. The van der Waals surface area contributed by atoms with Gasteiger partial charge in [0.15, 0.2) is 5.96 Å². The third-order valence-corrected chi connectivity index (χ3v) is 9.66. The summed E-state index contributed by atoms with van der Waals surface area (Å²) in [5.41, 5.74) is 22.7. The van der Waals surface area contributed by atoms with Gasteiger partial charge >= 0.3 is 5.97 Å². The van der Waals surface area contributed by atoms with Gasteiger partial charge in [-0.05, 0) is 82.6 Å². The van der Waals surface area contributed by atoms with Crippen LogP contribution in [0.3, 0.4) is 0 Å². The number of aliphatic imine (C=N–C) groups is 1. The second-order valence-corrected chi connectivity index (χ2v) is 15.3. The van der Waals surface area contributed by atoms with Gasteiger partial charge < -0.3 is 59.1 Å². The largest absolute Gasteiger partial charge is 0.480 e. The van der Waals surface area contributed by atoms with E-state index in [2.05, 4.69) is 26.3 Å². The van der Waals surface area contributed by atoms with Crippen molar-refractivity contribution >= 4 is 47.4 Å². The first kappa shape index (κ1) is 46.6. The fourth-order valence-corrected chi connectivity index (χ4v) is 6.85. The Morgan fingerprint density at radius 2 is 1.31 bits per heavy atom. The first-order chi connectivity index (χ1) is 26.0. The number of carbonyl (C=O) groups excluding carboxylic acids is 6. The van der Waals surface area contributed by atoms with E-state index in [1.54, 1.807) is 0 Å². The number of hydrogen-bond donors (Lipinski definition) is 9. The molecule has 2 heterocycles. The summed E-state index contributed by atoms with van der Waals surface area (Å²) >= 11 is 0. The minimum absolute atomic E-state index is 0.0457. The van der Waals surface area contributed by atoms with Crippen molar-refractivity contribution in [2.75, 3.05) is 32.7 Å². The van der Waals surface area contributed by atoms with E-state index in [0.717, 1.165) is 6.42 Å². The number of nitrogens with one attached hydrogen (secondary N) is 4. The third-order valence-electron chi connectivity index (χ3n) is 9.66. The van der Waals surface area contributed by atoms with E-state index in [9.17, 15) is 38.7 Å². The molecule has 0 aromatic carbocycles. The van der Waals surface area contributed by atoms with Crippen molar-refractivity contribution < 1.29 is 38.7 Å².